The maximum Gasteiger partial charge on any atom is 0.241 e. The normalized spacial score (nSPS) is 25.1. The van der Waals surface area contributed by atoms with Crippen LogP contribution in [0.5, 0.6) is 0 Å². The van der Waals surface area contributed by atoms with Crippen molar-refractivity contribution in [3.8, 4) is 0 Å². The highest BCUT2D eigenvalue weighted by atomic mass is 16.2. The summed E-state index contributed by atoms with van der Waals surface area (Å²) in [5.74, 6) is 0.343. The second-order valence-electron chi connectivity index (χ2n) is 5.90. The van der Waals surface area contributed by atoms with Gasteiger partial charge in [-0.05, 0) is 26.2 Å². The summed E-state index contributed by atoms with van der Waals surface area (Å²) in [6, 6.07) is 0.448. The van der Waals surface area contributed by atoms with Crippen LogP contribution in [0, 0.1) is 0 Å². The first-order chi connectivity index (χ1) is 9.15. The first-order valence-electron chi connectivity index (χ1n) is 8.23. The Balaban J connectivity index is 2.65. The maximum atomic E-state index is 12.6. The standard InChI is InChI=1S/C16H32N2O/c1-5-8-11-13(4)18-15(10-7-3)17-14(16(18)19)12-9-6-2/h13-15,17H,5-12H2,1-4H3. The Morgan fingerprint density at radius 3 is 2.37 bits per heavy atom. The Hall–Kier alpha value is -0.570. The molecule has 3 heteroatoms. The summed E-state index contributed by atoms with van der Waals surface area (Å²) >= 11 is 0. The van der Waals surface area contributed by atoms with Gasteiger partial charge < -0.3 is 4.90 Å². The Bertz CT molecular complexity index is 267. The summed E-state index contributed by atoms with van der Waals surface area (Å²) in [7, 11) is 0. The third-order valence-electron chi connectivity index (χ3n) is 4.14. The van der Waals surface area contributed by atoms with Crippen LogP contribution in [0.4, 0.5) is 0 Å². The fourth-order valence-corrected chi connectivity index (χ4v) is 2.99. The van der Waals surface area contributed by atoms with E-state index in [1.54, 1.807) is 0 Å². The molecule has 0 aromatic rings. The van der Waals surface area contributed by atoms with Crippen molar-refractivity contribution in [1.29, 1.82) is 0 Å². The molecule has 0 aliphatic carbocycles. The number of hydrogen-bond donors (Lipinski definition) is 1. The molecule has 0 radical (unpaired) electrons. The minimum atomic E-state index is 0.0700. The van der Waals surface area contributed by atoms with E-state index >= 15 is 0 Å². The summed E-state index contributed by atoms with van der Waals surface area (Å²) in [5, 5.41) is 3.56. The zero-order valence-corrected chi connectivity index (χ0v) is 13.2. The molecule has 112 valence electrons. The van der Waals surface area contributed by atoms with E-state index in [0.29, 0.717) is 11.9 Å². The molecule has 0 aromatic heterocycles. The zero-order chi connectivity index (χ0) is 14.3. The lowest BCUT2D eigenvalue weighted by atomic mass is 10.1. The van der Waals surface area contributed by atoms with Gasteiger partial charge in [0.15, 0.2) is 0 Å². The Labute approximate surface area is 119 Å². The summed E-state index contributed by atoms with van der Waals surface area (Å²) < 4.78 is 0. The Morgan fingerprint density at radius 2 is 1.79 bits per heavy atom. The minimum Gasteiger partial charge on any atom is -0.323 e. The Kier molecular flexibility index (Phi) is 7.44. The summed E-state index contributed by atoms with van der Waals surface area (Å²) in [6.07, 6.45) is 9.31. The fraction of sp³-hybridized carbons (Fsp3) is 0.938. The molecule has 3 unspecified atom stereocenters. The van der Waals surface area contributed by atoms with E-state index in [2.05, 4.69) is 37.9 Å². The summed E-state index contributed by atoms with van der Waals surface area (Å²) in [5.41, 5.74) is 0. The van der Waals surface area contributed by atoms with Crippen molar-refractivity contribution in [1.82, 2.24) is 10.2 Å². The average Bonchev–Trinajstić information content (AvgIpc) is 2.70. The zero-order valence-electron chi connectivity index (χ0n) is 13.2. The lowest BCUT2D eigenvalue weighted by Gasteiger charge is -2.30. The van der Waals surface area contributed by atoms with Gasteiger partial charge >= 0.3 is 0 Å². The molecule has 0 saturated carbocycles. The fourth-order valence-electron chi connectivity index (χ4n) is 2.99. The molecule has 1 saturated heterocycles. The van der Waals surface area contributed by atoms with E-state index in [-0.39, 0.29) is 12.2 Å². The van der Waals surface area contributed by atoms with E-state index in [9.17, 15) is 4.79 Å². The molecular formula is C16H32N2O. The molecule has 1 rings (SSSR count). The molecule has 1 heterocycles. The topological polar surface area (TPSA) is 32.3 Å². The van der Waals surface area contributed by atoms with Crippen molar-refractivity contribution in [2.45, 2.75) is 97.3 Å². The molecule has 1 fully saturated rings. The monoisotopic (exact) mass is 268 g/mol. The Morgan fingerprint density at radius 1 is 1.11 bits per heavy atom. The number of carbonyl (C=O) groups excluding carboxylic acids is 1. The summed E-state index contributed by atoms with van der Waals surface area (Å²) in [4.78, 5) is 14.7. The van der Waals surface area contributed by atoms with Gasteiger partial charge in [-0.25, -0.2) is 0 Å². The van der Waals surface area contributed by atoms with Gasteiger partial charge in [0.1, 0.15) is 0 Å². The third-order valence-corrected chi connectivity index (χ3v) is 4.14. The van der Waals surface area contributed by atoms with Crippen LogP contribution >= 0.6 is 0 Å². The highest BCUT2D eigenvalue weighted by molar-refractivity contribution is 5.84. The predicted molar refractivity (Wildman–Crippen MR) is 81.0 cm³/mol. The van der Waals surface area contributed by atoms with Gasteiger partial charge in [0.2, 0.25) is 5.91 Å². The number of nitrogens with zero attached hydrogens (tertiary/aromatic N) is 1. The molecule has 3 atom stereocenters. The largest absolute Gasteiger partial charge is 0.323 e. The number of carbonyl (C=O) groups is 1. The number of amides is 1. The van der Waals surface area contributed by atoms with Crippen LogP contribution in [0.15, 0.2) is 0 Å². The quantitative estimate of drug-likeness (QED) is 0.692. The SMILES string of the molecule is CCCCC1NC(CCC)N(C(C)CCCC)C1=O. The van der Waals surface area contributed by atoms with Crippen molar-refractivity contribution in [2.75, 3.05) is 0 Å². The highest BCUT2D eigenvalue weighted by Crippen LogP contribution is 2.23. The number of rotatable bonds is 9. The van der Waals surface area contributed by atoms with Crippen LogP contribution in [0.25, 0.3) is 0 Å². The van der Waals surface area contributed by atoms with E-state index in [1.165, 1.54) is 12.8 Å². The third kappa shape index (κ3) is 4.48. The lowest BCUT2D eigenvalue weighted by molar-refractivity contribution is -0.132. The van der Waals surface area contributed by atoms with Crippen molar-refractivity contribution < 1.29 is 4.79 Å². The smallest absolute Gasteiger partial charge is 0.241 e. The molecule has 1 amide bonds. The molecule has 3 nitrogen and oxygen atoms in total. The van der Waals surface area contributed by atoms with E-state index in [4.69, 9.17) is 0 Å². The number of hydrogen-bond acceptors (Lipinski definition) is 2. The van der Waals surface area contributed by atoms with Gasteiger partial charge in [-0.1, -0.05) is 52.9 Å². The van der Waals surface area contributed by atoms with Crippen molar-refractivity contribution in [2.24, 2.45) is 0 Å². The first kappa shape index (κ1) is 16.5. The van der Waals surface area contributed by atoms with Gasteiger partial charge in [-0.3, -0.25) is 10.1 Å². The van der Waals surface area contributed by atoms with Crippen molar-refractivity contribution in [3.63, 3.8) is 0 Å². The second-order valence-corrected chi connectivity index (χ2v) is 5.90. The molecule has 19 heavy (non-hydrogen) atoms. The van der Waals surface area contributed by atoms with E-state index in [0.717, 1.165) is 38.5 Å². The molecule has 1 N–H and O–H groups in total. The van der Waals surface area contributed by atoms with Crippen LogP contribution in [-0.4, -0.2) is 29.1 Å². The highest BCUT2D eigenvalue weighted by Gasteiger charge is 2.39. The van der Waals surface area contributed by atoms with Gasteiger partial charge in [0.05, 0.1) is 12.2 Å². The summed E-state index contributed by atoms with van der Waals surface area (Å²) in [6.45, 7) is 8.80. The van der Waals surface area contributed by atoms with Gasteiger partial charge in [0.25, 0.3) is 0 Å². The minimum absolute atomic E-state index is 0.0700. The molecule has 1 aliphatic heterocycles. The first-order valence-corrected chi connectivity index (χ1v) is 8.23. The van der Waals surface area contributed by atoms with Crippen LogP contribution in [0.2, 0.25) is 0 Å². The van der Waals surface area contributed by atoms with Crippen LogP contribution in [0.1, 0.15) is 79.1 Å². The van der Waals surface area contributed by atoms with Crippen molar-refractivity contribution in [3.05, 3.63) is 0 Å². The van der Waals surface area contributed by atoms with Gasteiger partial charge in [-0.15, -0.1) is 0 Å². The van der Waals surface area contributed by atoms with Crippen LogP contribution in [-0.2, 0) is 4.79 Å². The second kappa shape index (κ2) is 8.57. The van der Waals surface area contributed by atoms with Crippen LogP contribution < -0.4 is 5.32 Å². The molecule has 0 aromatic carbocycles. The van der Waals surface area contributed by atoms with E-state index < -0.39 is 0 Å². The van der Waals surface area contributed by atoms with E-state index in [1.807, 2.05) is 0 Å². The average molecular weight is 268 g/mol. The maximum absolute atomic E-state index is 12.6. The number of unbranched alkanes of at least 4 members (excludes halogenated alkanes) is 2. The number of nitrogens with one attached hydrogen (secondary N) is 1. The molecule has 0 bridgehead atoms. The molecule has 0 spiro atoms. The molecular weight excluding hydrogens is 236 g/mol. The van der Waals surface area contributed by atoms with Gasteiger partial charge in [0, 0.05) is 6.04 Å². The van der Waals surface area contributed by atoms with Gasteiger partial charge in [-0.2, -0.15) is 0 Å². The van der Waals surface area contributed by atoms with Crippen LogP contribution in [0.3, 0.4) is 0 Å². The van der Waals surface area contributed by atoms with Crippen molar-refractivity contribution >= 4 is 5.91 Å². The predicted octanol–water partition coefficient (Wildman–Crippen LogP) is 3.68. The molecule has 1 aliphatic rings. The lowest BCUT2D eigenvalue weighted by Crippen LogP contribution is -2.43.